The molecule has 0 saturated carbocycles. The van der Waals surface area contributed by atoms with Crippen LogP contribution in [0.4, 0.5) is 0 Å². The molecule has 0 radical (unpaired) electrons. The summed E-state index contributed by atoms with van der Waals surface area (Å²) in [5.41, 5.74) is 1.65. The van der Waals surface area contributed by atoms with Crippen LogP contribution in [-0.4, -0.2) is 5.97 Å². The first-order valence-corrected chi connectivity index (χ1v) is 7.27. The van der Waals surface area contributed by atoms with Crippen LogP contribution in [-0.2, 0) is 21.6 Å². The van der Waals surface area contributed by atoms with Gasteiger partial charge in [0.25, 0.3) is 0 Å². The second-order valence-electron chi connectivity index (χ2n) is 5.32. The smallest absolute Gasteiger partial charge is 0.310 e. The van der Waals surface area contributed by atoms with Crippen LogP contribution in [0.3, 0.4) is 0 Å². The van der Waals surface area contributed by atoms with Crippen molar-refractivity contribution in [3.8, 4) is 0 Å². The van der Waals surface area contributed by atoms with E-state index in [1.807, 2.05) is 60.7 Å². The Morgan fingerprint density at radius 2 is 1.62 bits per heavy atom. The van der Waals surface area contributed by atoms with E-state index < -0.39 is 5.60 Å². The second kappa shape index (κ2) is 5.96. The maximum atomic E-state index is 11.8. The van der Waals surface area contributed by atoms with E-state index in [1.54, 1.807) is 0 Å². The number of ether oxygens (including phenoxy) is 1. The average Bonchev–Trinajstić information content (AvgIpc) is 2.55. The second-order valence-corrected chi connectivity index (χ2v) is 5.32. The lowest BCUT2D eigenvalue weighted by Crippen LogP contribution is -2.33. The fourth-order valence-corrected chi connectivity index (χ4v) is 2.75. The summed E-state index contributed by atoms with van der Waals surface area (Å²) in [6.45, 7) is 0. The third-order valence-electron chi connectivity index (χ3n) is 3.86. The zero-order valence-corrected chi connectivity index (χ0v) is 11.9. The van der Waals surface area contributed by atoms with Crippen LogP contribution in [0.25, 0.3) is 0 Å². The summed E-state index contributed by atoms with van der Waals surface area (Å²) in [7, 11) is 0. The molecular formula is C19H18O2. The first-order chi connectivity index (χ1) is 10.3. The van der Waals surface area contributed by atoms with E-state index >= 15 is 0 Å². The van der Waals surface area contributed by atoms with Crippen molar-refractivity contribution >= 4 is 5.97 Å². The van der Waals surface area contributed by atoms with Gasteiger partial charge in [0.1, 0.15) is 0 Å². The van der Waals surface area contributed by atoms with Gasteiger partial charge in [0.05, 0.1) is 6.42 Å². The number of cyclic esters (lactones) is 1. The number of hydrogen-bond donors (Lipinski definition) is 0. The fourth-order valence-electron chi connectivity index (χ4n) is 2.75. The molecule has 0 spiro atoms. The van der Waals surface area contributed by atoms with Crippen molar-refractivity contribution in [3.05, 3.63) is 83.9 Å². The predicted octanol–water partition coefficient (Wildman–Crippen LogP) is 4.02. The number of carbonyl (C=O) groups excluding carboxylic acids is 1. The molecular weight excluding hydrogens is 260 g/mol. The van der Waals surface area contributed by atoms with Crippen LogP contribution in [0.15, 0.2) is 72.8 Å². The van der Waals surface area contributed by atoms with Gasteiger partial charge in [0.15, 0.2) is 5.60 Å². The van der Waals surface area contributed by atoms with Gasteiger partial charge in [0, 0.05) is 0 Å². The third-order valence-corrected chi connectivity index (χ3v) is 3.86. The molecule has 21 heavy (non-hydrogen) atoms. The number of esters is 1. The highest BCUT2D eigenvalue weighted by molar-refractivity contribution is 5.73. The molecule has 0 saturated heterocycles. The largest absolute Gasteiger partial charge is 0.450 e. The quantitative estimate of drug-likeness (QED) is 0.623. The van der Waals surface area contributed by atoms with Gasteiger partial charge in [-0.3, -0.25) is 4.79 Å². The van der Waals surface area contributed by atoms with Crippen LogP contribution >= 0.6 is 0 Å². The Morgan fingerprint density at radius 3 is 2.29 bits per heavy atom. The monoisotopic (exact) mass is 278 g/mol. The minimum absolute atomic E-state index is 0.158. The van der Waals surface area contributed by atoms with Gasteiger partial charge in [-0.05, 0) is 30.0 Å². The zero-order valence-electron chi connectivity index (χ0n) is 11.9. The summed E-state index contributed by atoms with van der Waals surface area (Å²) in [5.74, 6) is -0.158. The zero-order chi connectivity index (χ0) is 14.5. The van der Waals surface area contributed by atoms with Crippen molar-refractivity contribution in [1.82, 2.24) is 0 Å². The maximum Gasteiger partial charge on any atom is 0.310 e. The van der Waals surface area contributed by atoms with Gasteiger partial charge >= 0.3 is 5.97 Å². The van der Waals surface area contributed by atoms with E-state index in [2.05, 4.69) is 12.1 Å². The van der Waals surface area contributed by atoms with E-state index in [4.69, 9.17) is 4.74 Å². The number of hydrogen-bond acceptors (Lipinski definition) is 2. The molecule has 106 valence electrons. The summed E-state index contributed by atoms with van der Waals surface area (Å²) in [6.07, 6.45) is 5.94. The Hall–Kier alpha value is -2.35. The SMILES string of the molecule is O=C1CC=CC(CCc2ccccc2)(c2ccccc2)O1. The van der Waals surface area contributed by atoms with Crippen molar-refractivity contribution in [3.63, 3.8) is 0 Å². The number of rotatable bonds is 4. The molecule has 0 N–H and O–H groups in total. The first kappa shape index (κ1) is 13.6. The summed E-state index contributed by atoms with van der Waals surface area (Å²) in [4.78, 5) is 11.8. The summed E-state index contributed by atoms with van der Waals surface area (Å²) in [5, 5.41) is 0. The molecule has 1 atom stereocenters. The Kier molecular flexibility index (Phi) is 3.87. The molecule has 0 fully saturated rings. The summed E-state index contributed by atoms with van der Waals surface area (Å²) >= 11 is 0. The molecule has 0 amide bonds. The molecule has 1 heterocycles. The Balaban J connectivity index is 1.88. The predicted molar refractivity (Wildman–Crippen MR) is 82.7 cm³/mol. The Bertz CT molecular complexity index is 631. The minimum atomic E-state index is -0.633. The van der Waals surface area contributed by atoms with E-state index in [0.717, 1.165) is 18.4 Å². The van der Waals surface area contributed by atoms with E-state index in [-0.39, 0.29) is 5.97 Å². The highest BCUT2D eigenvalue weighted by Crippen LogP contribution is 2.35. The first-order valence-electron chi connectivity index (χ1n) is 7.27. The third kappa shape index (κ3) is 3.05. The number of aryl methyl sites for hydroxylation is 1. The highest BCUT2D eigenvalue weighted by atomic mass is 16.6. The van der Waals surface area contributed by atoms with Crippen molar-refractivity contribution in [2.45, 2.75) is 24.9 Å². The van der Waals surface area contributed by atoms with E-state index in [1.165, 1.54) is 5.56 Å². The molecule has 2 aromatic rings. The lowest BCUT2D eigenvalue weighted by atomic mass is 9.85. The molecule has 0 aliphatic carbocycles. The van der Waals surface area contributed by atoms with Crippen LogP contribution < -0.4 is 0 Å². The maximum absolute atomic E-state index is 11.8. The molecule has 0 bridgehead atoms. The lowest BCUT2D eigenvalue weighted by molar-refractivity contribution is -0.157. The normalized spacial score (nSPS) is 21.0. The lowest BCUT2D eigenvalue weighted by Gasteiger charge is -2.33. The van der Waals surface area contributed by atoms with Gasteiger partial charge in [-0.25, -0.2) is 0 Å². The summed E-state index contributed by atoms with van der Waals surface area (Å²) < 4.78 is 5.76. The highest BCUT2D eigenvalue weighted by Gasteiger charge is 2.35. The van der Waals surface area contributed by atoms with Crippen molar-refractivity contribution in [1.29, 1.82) is 0 Å². The number of carbonyl (C=O) groups is 1. The van der Waals surface area contributed by atoms with Crippen molar-refractivity contribution in [2.24, 2.45) is 0 Å². The average molecular weight is 278 g/mol. The van der Waals surface area contributed by atoms with E-state index in [0.29, 0.717) is 6.42 Å². The van der Waals surface area contributed by atoms with Gasteiger partial charge in [0.2, 0.25) is 0 Å². The number of benzene rings is 2. The fraction of sp³-hybridized carbons (Fsp3) is 0.211. The molecule has 2 heteroatoms. The van der Waals surface area contributed by atoms with Gasteiger partial charge in [-0.2, -0.15) is 0 Å². The molecule has 2 nitrogen and oxygen atoms in total. The molecule has 3 rings (SSSR count). The van der Waals surface area contributed by atoms with Crippen LogP contribution in [0.1, 0.15) is 24.0 Å². The summed E-state index contributed by atoms with van der Waals surface area (Å²) in [6, 6.07) is 20.3. The molecule has 0 aromatic heterocycles. The molecule has 2 aromatic carbocycles. The van der Waals surface area contributed by atoms with Crippen LogP contribution in [0.5, 0.6) is 0 Å². The Labute approximate surface area is 125 Å². The van der Waals surface area contributed by atoms with Crippen LogP contribution in [0, 0.1) is 0 Å². The molecule has 1 aliphatic heterocycles. The topological polar surface area (TPSA) is 26.3 Å². The van der Waals surface area contributed by atoms with Gasteiger partial charge in [-0.15, -0.1) is 0 Å². The standard InChI is InChI=1S/C19H18O2/c20-18-12-7-14-19(21-18,17-10-5-2-6-11-17)15-13-16-8-3-1-4-9-16/h1-11,14H,12-13,15H2. The van der Waals surface area contributed by atoms with Crippen molar-refractivity contribution in [2.75, 3.05) is 0 Å². The van der Waals surface area contributed by atoms with Crippen molar-refractivity contribution < 1.29 is 9.53 Å². The van der Waals surface area contributed by atoms with Gasteiger partial charge < -0.3 is 4.74 Å². The molecule has 1 aliphatic rings. The van der Waals surface area contributed by atoms with Crippen LogP contribution in [0.2, 0.25) is 0 Å². The molecule has 1 unspecified atom stereocenters. The minimum Gasteiger partial charge on any atom is -0.450 e. The van der Waals surface area contributed by atoms with Gasteiger partial charge in [-0.1, -0.05) is 66.7 Å². The van der Waals surface area contributed by atoms with E-state index in [9.17, 15) is 4.79 Å². The Morgan fingerprint density at radius 1 is 0.952 bits per heavy atom.